The molecule has 0 bridgehead atoms. The number of H-pyrrole nitrogens is 1. The van der Waals surface area contributed by atoms with Gasteiger partial charge in [0.05, 0.1) is 13.2 Å². The molecule has 174 valence electrons. The summed E-state index contributed by atoms with van der Waals surface area (Å²) in [6.45, 7) is 6.80. The summed E-state index contributed by atoms with van der Waals surface area (Å²) >= 11 is 5.89. The maximum Gasteiger partial charge on any atom is 0.193 e. The van der Waals surface area contributed by atoms with Crippen LogP contribution in [0, 0.1) is 0 Å². The number of ether oxygens (including phenoxy) is 1. The van der Waals surface area contributed by atoms with Crippen molar-refractivity contribution in [2.45, 2.75) is 25.8 Å². The molecule has 4 rings (SSSR count). The summed E-state index contributed by atoms with van der Waals surface area (Å²) in [5.74, 6) is 1.53. The molecule has 1 aromatic heterocycles. The van der Waals surface area contributed by atoms with Crippen molar-refractivity contribution in [3.8, 4) is 5.75 Å². The Bertz CT molecular complexity index is 987. The molecule has 1 saturated heterocycles. The maximum atomic E-state index is 12.5. The highest BCUT2D eigenvalue weighted by atomic mass is 35.5. The number of aromatic nitrogens is 4. The van der Waals surface area contributed by atoms with Crippen LogP contribution in [0.15, 0.2) is 48.5 Å². The van der Waals surface area contributed by atoms with Gasteiger partial charge in [-0.25, -0.2) is 0 Å². The van der Waals surface area contributed by atoms with Gasteiger partial charge >= 0.3 is 0 Å². The van der Waals surface area contributed by atoms with Crippen LogP contribution in [0.2, 0.25) is 5.02 Å². The van der Waals surface area contributed by atoms with E-state index in [4.69, 9.17) is 16.3 Å². The first kappa shape index (κ1) is 23.4. The summed E-state index contributed by atoms with van der Waals surface area (Å²) in [4.78, 5) is 17.4. The zero-order valence-corrected chi connectivity index (χ0v) is 19.4. The molecule has 1 fully saturated rings. The molecule has 3 aromatic rings. The van der Waals surface area contributed by atoms with Gasteiger partial charge in [0, 0.05) is 42.3 Å². The Morgan fingerprint density at radius 1 is 0.909 bits per heavy atom. The number of hydrogen-bond acceptors (Lipinski definition) is 7. The van der Waals surface area contributed by atoms with Crippen molar-refractivity contribution in [1.82, 2.24) is 30.4 Å². The molecule has 1 aliphatic heterocycles. The van der Waals surface area contributed by atoms with Crippen LogP contribution in [0.4, 0.5) is 0 Å². The van der Waals surface area contributed by atoms with Crippen LogP contribution in [0.5, 0.6) is 5.75 Å². The molecule has 0 saturated carbocycles. The Labute approximate surface area is 198 Å². The lowest BCUT2D eigenvalue weighted by Gasteiger charge is -2.34. The number of nitrogens with zero attached hydrogens (tertiary/aromatic N) is 5. The fourth-order valence-corrected chi connectivity index (χ4v) is 4.02. The van der Waals surface area contributed by atoms with E-state index in [2.05, 4.69) is 30.4 Å². The molecular formula is C24H29ClN6O2. The molecule has 0 radical (unpaired) electrons. The minimum absolute atomic E-state index is 0.0196. The largest absolute Gasteiger partial charge is 0.494 e. The number of piperazine rings is 1. The van der Waals surface area contributed by atoms with Crippen molar-refractivity contribution >= 4 is 17.4 Å². The summed E-state index contributed by atoms with van der Waals surface area (Å²) in [5, 5.41) is 14.8. The number of halogens is 1. The number of rotatable bonds is 11. The first-order chi connectivity index (χ1) is 16.2. The summed E-state index contributed by atoms with van der Waals surface area (Å²) in [5.41, 5.74) is 1.27. The van der Waals surface area contributed by atoms with E-state index in [0.29, 0.717) is 22.8 Å². The molecular weight excluding hydrogens is 440 g/mol. The highest BCUT2D eigenvalue weighted by Gasteiger charge is 2.17. The van der Waals surface area contributed by atoms with E-state index in [9.17, 15) is 4.79 Å². The number of nitrogens with one attached hydrogen (secondary N) is 1. The van der Waals surface area contributed by atoms with Gasteiger partial charge in [0.15, 0.2) is 11.6 Å². The number of carbonyl (C=O) groups excluding carboxylic acids is 1. The molecule has 33 heavy (non-hydrogen) atoms. The van der Waals surface area contributed by atoms with E-state index in [1.165, 1.54) is 6.42 Å². The summed E-state index contributed by atoms with van der Waals surface area (Å²) in [6, 6.07) is 14.3. The number of aromatic amines is 1. The SMILES string of the molecule is O=C(c1ccc(Cl)cc1)c1ccc(OCCCCCN2CCN(Cc3nn[nH]n3)CC2)cc1. The fraction of sp³-hybridized carbons (Fsp3) is 0.417. The van der Waals surface area contributed by atoms with E-state index >= 15 is 0 Å². The van der Waals surface area contributed by atoms with Gasteiger partial charge in [0.2, 0.25) is 0 Å². The number of ketones is 1. The molecule has 1 N–H and O–H groups in total. The number of hydrogen-bond donors (Lipinski definition) is 1. The Balaban J connectivity index is 1.08. The molecule has 2 aromatic carbocycles. The van der Waals surface area contributed by atoms with E-state index in [-0.39, 0.29) is 5.78 Å². The van der Waals surface area contributed by atoms with Crippen molar-refractivity contribution in [2.75, 3.05) is 39.3 Å². The fourth-order valence-electron chi connectivity index (χ4n) is 3.90. The van der Waals surface area contributed by atoms with Gasteiger partial charge in [-0.05, 0) is 74.3 Å². The average molecular weight is 469 g/mol. The Morgan fingerprint density at radius 2 is 1.58 bits per heavy atom. The van der Waals surface area contributed by atoms with Gasteiger partial charge in [-0.15, -0.1) is 10.2 Å². The van der Waals surface area contributed by atoms with Crippen LogP contribution in [0.1, 0.15) is 41.0 Å². The summed E-state index contributed by atoms with van der Waals surface area (Å²) in [6.07, 6.45) is 3.32. The third-order valence-corrected chi connectivity index (χ3v) is 6.08. The number of carbonyl (C=O) groups is 1. The topological polar surface area (TPSA) is 87.2 Å². The Hall–Kier alpha value is -2.81. The zero-order chi connectivity index (χ0) is 22.9. The lowest BCUT2D eigenvalue weighted by molar-refractivity contribution is 0.103. The minimum atomic E-state index is -0.0196. The van der Waals surface area contributed by atoms with Gasteiger partial charge in [-0.1, -0.05) is 16.8 Å². The standard InChI is InChI=1S/C24H29ClN6O2/c25-21-8-4-19(5-9-21)24(32)20-6-10-22(11-7-20)33-17-3-1-2-12-30-13-15-31(16-14-30)18-23-26-28-29-27-23/h4-11H,1-3,12-18H2,(H,26,27,28,29). The van der Waals surface area contributed by atoms with Crippen molar-refractivity contribution in [3.05, 3.63) is 70.5 Å². The number of benzene rings is 2. The quantitative estimate of drug-likeness (QED) is 0.340. The predicted octanol–water partition coefficient (Wildman–Crippen LogP) is 3.45. The monoisotopic (exact) mass is 468 g/mol. The minimum Gasteiger partial charge on any atom is -0.494 e. The van der Waals surface area contributed by atoms with Gasteiger partial charge in [0.1, 0.15) is 5.75 Å². The van der Waals surface area contributed by atoms with Crippen LogP contribution in [0.3, 0.4) is 0 Å². The second-order valence-electron chi connectivity index (χ2n) is 8.22. The van der Waals surface area contributed by atoms with Gasteiger partial charge in [-0.2, -0.15) is 5.21 Å². The Kier molecular flexibility index (Phi) is 8.41. The molecule has 0 unspecified atom stereocenters. The molecule has 1 aliphatic rings. The first-order valence-corrected chi connectivity index (χ1v) is 11.8. The van der Waals surface area contributed by atoms with Crippen molar-refractivity contribution in [2.24, 2.45) is 0 Å². The molecule has 8 nitrogen and oxygen atoms in total. The summed E-state index contributed by atoms with van der Waals surface area (Å²) < 4.78 is 5.85. The molecule has 0 aliphatic carbocycles. The molecule has 0 spiro atoms. The molecule has 0 amide bonds. The smallest absolute Gasteiger partial charge is 0.193 e. The van der Waals surface area contributed by atoms with Crippen molar-refractivity contribution in [1.29, 1.82) is 0 Å². The normalized spacial score (nSPS) is 14.9. The van der Waals surface area contributed by atoms with Crippen LogP contribution < -0.4 is 4.74 Å². The van der Waals surface area contributed by atoms with Crippen LogP contribution in [-0.2, 0) is 6.54 Å². The van der Waals surface area contributed by atoms with Crippen LogP contribution >= 0.6 is 11.6 Å². The predicted molar refractivity (Wildman–Crippen MR) is 127 cm³/mol. The highest BCUT2D eigenvalue weighted by molar-refractivity contribution is 6.30. The third-order valence-electron chi connectivity index (χ3n) is 5.83. The zero-order valence-electron chi connectivity index (χ0n) is 18.6. The van der Waals surface area contributed by atoms with E-state index < -0.39 is 0 Å². The second-order valence-corrected chi connectivity index (χ2v) is 8.65. The van der Waals surface area contributed by atoms with Crippen LogP contribution in [0.25, 0.3) is 0 Å². The number of tetrazole rings is 1. The van der Waals surface area contributed by atoms with E-state index in [1.54, 1.807) is 24.3 Å². The van der Waals surface area contributed by atoms with E-state index in [1.807, 2.05) is 24.3 Å². The summed E-state index contributed by atoms with van der Waals surface area (Å²) in [7, 11) is 0. The third kappa shape index (κ3) is 7.08. The number of unbranched alkanes of at least 4 members (excludes halogenated alkanes) is 2. The highest BCUT2D eigenvalue weighted by Crippen LogP contribution is 2.17. The second kappa shape index (κ2) is 11.9. The molecule has 0 atom stereocenters. The van der Waals surface area contributed by atoms with Gasteiger partial charge in [0.25, 0.3) is 0 Å². The maximum absolute atomic E-state index is 12.5. The molecule has 9 heteroatoms. The van der Waals surface area contributed by atoms with Crippen molar-refractivity contribution < 1.29 is 9.53 Å². The first-order valence-electron chi connectivity index (χ1n) is 11.4. The van der Waals surface area contributed by atoms with E-state index in [0.717, 1.165) is 63.7 Å². The lowest BCUT2D eigenvalue weighted by atomic mass is 10.0. The van der Waals surface area contributed by atoms with Gasteiger partial charge < -0.3 is 9.64 Å². The molecule has 2 heterocycles. The van der Waals surface area contributed by atoms with Crippen molar-refractivity contribution in [3.63, 3.8) is 0 Å². The average Bonchev–Trinajstić information content (AvgIpc) is 3.36. The lowest BCUT2D eigenvalue weighted by Crippen LogP contribution is -2.46. The Morgan fingerprint density at radius 3 is 2.24 bits per heavy atom. The van der Waals surface area contributed by atoms with Crippen LogP contribution in [-0.4, -0.2) is 75.5 Å². The van der Waals surface area contributed by atoms with Gasteiger partial charge in [-0.3, -0.25) is 9.69 Å².